The summed E-state index contributed by atoms with van der Waals surface area (Å²) in [4.78, 5) is 12.3. The van der Waals surface area contributed by atoms with Crippen molar-refractivity contribution in [2.75, 3.05) is 6.61 Å². The van der Waals surface area contributed by atoms with Gasteiger partial charge in [0.15, 0.2) is 5.78 Å². The quantitative estimate of drug-likeness (QED) is 0.594. The van der Waals surface area contributed by atoms with E-state index in [1.807, 2.05) is 0 Å². The Morgan fingerprint density at radius 3 is 2.38 bits per heavy atom. The Morgan fingerprint density at radius 1 is 0.962 bits per heavy atom. The molecule has 0 saturated heterocycles. The minimum Gasteiger partial charge on any atom is -0.393 e. The van der Waals surface area contributed by atoms with Crippen LogP contribution in [0.3, 0.4) is 0 Å². The van der Waals surface area contributed by atoms with Gasteiger partial charge in [-0.1, -0.05) is 13.8 Å². The lowest BCUT2D eigenvalue weighted by Gasteiger charge is -2.63. The highest BCUT2D eigenvalue weighted by Gasteiger charge is 2.65. The minimum absolute atomic E-state index is 0.0442. The summed E-state index contributed by atoms with van der Waals surface area (Å²) in [6.07, 6.45) is 3.93. The van der Waals surface area contributed by atoms with Crippen molar-refractivity contribution < 1.29 is 25.2 Å². The van der Waals surface area contributed by atoms with E-state index in [4.69, 9.17) is 0 Å². The van der Waals surface area contributed by atoms with Gasteiger partial charge in [0.05, 0.1) is 18.3 Å². The first-order valence-electron chi connectivity index (χ1n) is 10.4. The van der Waals surface area contributed by atoms with Crippen LogP contribution in [0.1, 0.15) is 58.8 Å². The largest absolute Gasteiger partial charge is 0.393 e. The van der Waals surface area contributed by atoms with E-state index in [0.29, 0.717) is 25.2 Å². The zero-order valence-electron chi connectivity index (χ0n) is 16.0. The lowest BCUT2D eigenvalue weighted by Crippen LogP contribution is -2.62. The van der Waals surface area contributed by atoms with Crippen LogP contribution in [0.4, 0.5) is 0 Å². The fourth-order valence-corrected chi connectivity index (χ4v) is 8.05. The summed E-state index contributed by atoms with van der Waals surface area (Å²) in [5.41, 5.74) is -0.432. The van der Waals surface area contributed by atoms with E-state index in [9.17, 15) is 25.2 Å². The van der Waals surface area contributed by atoms with Gasteiger partial charge in [0, 0.05) is 5.92 Å². The maximum Gasteiger partial charge on any atom is 0.161 e. The van der Waals surface area contributed by atoms with Crippen LogP contribution >= 0.6 is 0 Å². The lowest BCUT2D eigenvalue weighted by atomic mass is 9.43. The highest BCUT2D eigenvalue weighted by Crippen LogP contribution is 2.67. The topological polar surface area (TPSA) is 98.0 Å². The third kappa shape index (κ3) is 2.47. The first kappa shape index (κ1) is 18.9. The molecule has 0 bridgehead atoms. The number of rotatable bonds is 2. The molecule has 0 aromatic carbocycles. The smallest absolute Gasteiger partial charge is 0.161 e. The molecule has 148 valence electrons. The number of carbonyl (C=O) groups excluding carboxylic acids is 1. The van der Waals surface area contributed by atoms with Gasteiger partial charge >= 0.3 is 0 Å². The molecular weight excluding hydrogens is 332 g/mol. The summed E-state index contributed by atoms with van der Waals surface area (Å²) >= 11 is 0. The van der Waals surface area contributed by atoms with Gasteiger partial charge in [-0.15, -0.1) is 0 Å². The van der Waals surface area contributed by atoms with Crippen molar-refractivity contribution in [1.29, 1.82) is 0 Å². The number of hydrogen-bond donors (Lipinski definition) is 4. The molecule has 0 spiro atoms. The van der Waals surface area contributed by atoms with Crippen molar-refractivity contribution in [2.45, 2.75) is 77.1 Å². The van der Waals surface area contributed by atoms with E-state index in [1.54, 1.807) is 0 Å². The summed E-state index contributed by atoms with van der Waals surface area (Å²) in [6, 6.07) is 0. The van der Waals surface area contributed by atoms with Crippen molar-refractivity contribution >= 4 is 5.78 Å². The van der Waals surface area contributed by atoms with E-state index in [-0.39, 0.29) is 46.4 Å². The highest BCUT2D eigenvalue weighted by atomic mass is 16.3. The van der Waals surface area contributed by atoms with Crippen LogP contribution < -0.4 is 0 Å². The maximum absolute atomic E-state index is 12.3. The fraction of sp³-hybridized carbons (Fsp3) is 0.952. The Bertz CT molecular complexity index is 579. The summed E-state index contributed by atoms with van der Waals surface area (Å²) in [7, 11) is 0. The van der Waals surface area contributed by atoms with Gasteiger partial charge in [0.2, 0.25) is 0 Å². The van der Waals surface area contributed by atoms with E-state index < -0.39 is 18.8 Å². The number of Topliss-reactive ketones (excluding diaryl/α,β-unsaturated/α-hetero) is 1. The Hall–Kier alpha value is -0.490. The number of aliphatic hydroxyl groups is 4. The van der Waals surface area contributed by atoms with E-state index in [0.717, 1.165) is 25.7 Å². The molecule has 10 atom stereocenters. The van der Waals surface area contributed by atoms with Gasteiger partial charge in [0.1, 0.15) is 6.61 Å². The van der Waals surface area contributed by atoms with Crippen LogP contribution in [0.2, 0.25) is 0 Å². The molecule has 4 N–H and O–H groups in total. The van der Waals surface area contributed by atoms with Crippen LogP contribution in [0.25, 0.3) is 0 Å². The molecule has 26 heavy (non-hydrogen) atoms. The molecule has 0 amide bonds. The van der Waals surface area contributed by atoms with Crippen molar-refractivity contribution in [3.8, 4) is 0 Å². The second kappa shape index (κ2) is 6.26. The zero-order chi connectivity index (χ0) is 18.9. The third-order valence-electron chi connectivity index (χ3n) is 9.12. The average molecular weight is 366 g/mol. The minimum atomic E-state index is -0.483. The molecule has 5 nitrogen and oxygen atoms in total. The van der Waals surface area contributed by atoms with Crippen molar-refractivity contribution in [3.05, 3.63) is 0 Å². The first-order chi connectivity index (χ1) is 12.2. The second-order valence-electron chi connectivity index (χ2n) is 10.2. The number of ketones is 1. The van der Waals surface area contributed by atoms with Gasteiger partial charge in [-0.25, -0.2) is 0 Å². The van der Waals surface area contributed by atoms with E-state index in [2.05, 4.69) is 13.8 Å². The Kier molecular flexibility index (Phi) is 4.54. The number of carbonyl (C=O) groups is 1. The molecule has 4 rings (SSSR count). The summed E-state index contributed by atoms with van der Waals surface area (Å²) in [5, 5.41) is 41.7. The average Bonchev–Trinajstić information content (AvgIpc) is 2.92. The van der Waals surface area contributed by atoms with E-state index >= 15 is 0 Å². The van der Waals surface area contributed by atoms with Gasteiger partial charge in [0.25, 0.3) is 0 Å². The molecule has 0 aromatic rings. The van der Waals surface area contributed by atoms with Gasteiger partial charge in [-0.2, -0.15) is 0 Å². The molecule has 0 radical (unpaired) electrons. The standard InChI is InChI=1S/C21H34O5/c1-20-6-5-11(23)7-15(20)16(24)8-12-13-3-4-14(18(26)10-22)21(13,2)9-17(25)19(12)20/h11-17,19,22-25H,3-10H2,1-2H3/t11-,12+,13+,14-,15+,16?,17+,19-,20+,21+/m1/s1. The van der Waals surface area contributed by atoms with Crippen molar-refractivity contribution in [2.24, 2.45) is 40.4 Å². The fourth-order valence-electron chi connectivity index (χ4n) is 8.05. The molecule has 4 fully saturated rings. The molecule has 1 unspecified atom stereocenters. The monoisotopic (exact) mass is 366 g/mol. The third-order valence-corrected chi connectivity index (χ3v) is 9.12. The molecule has 0 aliphatic heterocycles. The molecule has 4 aliphatic rings. The number of aliphatic hydroxyl groups excluding tert-OH is 4. The lowest BCUT2D eigenvalue weighted by molar-refractivity contribution is -0.207. The molecule has 5 heteroatoms. The van der Waals surface area contributed by atoms with Crippen LogP contribution in [-0.4, -0.2) is 51.1 Å². The Balaban J connectivity index is 1.69. The van der Waals surface area contributed by atoms with Gasteiger partial charge in [-0.05, 0) is 79.4 Å². The van der Waals surface area contributed by atoms with Crippen molar-refractivity contribution in [3.63, 3.8) is 0 Å². The summed E-state index contributed by atoms with van der Waals surface area (Å²) in [6.45, 7) is 3.91. The highest BCUT2D eigenvalue weighted by molar-refractivity contribution is 5.83. The molecule has 4 aliphatic carbocycles. The van der Waals surface area contributed by atoms with Crippen LogP contribution in [0, 0.1) is 40.4 Å². The SMILES string of the molecule is C[C@]12CC[C@@H](O)C[C@H]1C(O)C[C@@H]1[C@@H]2[C@@H](O)C[C@]2(C)[C@@H](C(=O)CO)CC[C@@H]12. The number of fused-ring (bicyclic) bond motifs is 5. The Morgan fingerprint density at radius 2 is 1.69 bits per heavy atom. The van der Waals surface area contributed by atoms with E-state index in [1.165, 1.54) is 0 Å². The molecule has 4 saturated carbocycles. The predicted octanol–water partition coefficient (Wildman–Crippen LogP) is 1.51. The second-order valence-corrected chi connectivity index (χ2v) is 10.2. The maximum atomic E-state index is 12.3. The molecule has 0 aromatic heterocycles. The molecular formula is C21H34O5. The summed E-state index contributed by atoms with van der Waals surface area (Å²) < 4.78 is 0. The van der Waals surface area contributed by atoms with Crippen molar-refractivity contribution in [1.82, 2.24) is 0 Å². The first-order valence-corrected chi connectivity index (χ1v) is 10.4. The zero-order valence-corrected chi connectivity index (χ0v) is 16.0. The normalized spacial score (nSPS) is 56.4. The van der Waals surface area contributed by atoms with Gasteiger partial charge in [-0.3, -0.25) is 4.79 Å². The number of hydrogen-bond acceptors (Lipinski definition) is 5. The Labute approximate surface area is 155 Å². The molecule has 0 heterocycles. The van der Waals surface area contributed by atoms with Crippen LogP contribution in [0.5, 0.6) is 0 Å². The van der Waals surface area contributed by atoms with Crippen LogP contribution in [-0.2, 0) is 4.79 Å². The summed E-state index contributed by atoms with van der Waals surface area (Å²) in [5.74, 6) is 0.431. The predicted molar refractivity (Wildman–Crippen MR) is 96.1 cm³/mol. The van der Waals surface area contributed by atoms with Gasteiger partial charge < -0.3 is 20.4 Å². The van der Waals surface area contributed by atoms with Crippen LogP contribution in [0.15, 0.2) is 0 Å².